The molecule has 33 heavy (non-hydrogen) atoms. The summed E-state index contributed by atoms with van der Waals surface area (Å²) in [7, 11) is 1.57. The van der Waals surface area contributed by atoms with Gasteiger partial charge in [-0.2, -0.15) is 0 Å². The number of benzene rings is 2. The maximum Gasteiger partial charge on any atom is 0.340 e. The van der Waals surface area contributed by atoms with E-state index in [1.807, 2.05) is 25.1 Å². The topological polar surface area (TPSA) is 90.2 Å². The van der Waals surface area contributed by atoms with Crippen molar-refractivity contribution in [2.75, 3.05) is 13.7 Å². The number of hydrogen-bond donors (Lipinski definition) is 1. The van der Waals surface area contributed by atoms with Gasteiger partial charge in [-0.3, -0.25) is 0 Å². The van der Waals surface area contributed by atoms with Crippen LogP contribution in [-0.4, -0.2) is 35.5 Å². The van der Waals surface area contributed by atoms with Crippen LogP contribution in [0.2, 0.25) is 0 Å². The van der Waals surface area contributed by atoms with Gasteiger partial charge in [0.1, 0.15) is 29.5 Å². The Balaban J connectivity index is 1.59. The smallest absolute Gasteiger partial charge is 0.340 e. The first-order chi connectivity index (χ1) is 15.9. The quantitative estimate of drug-likeness (QED) is 0.534. The Morgan fingerprint density at radius 3 is 2.73 bits per heavy atom. The number of ether oxygens (including phenoxy) is 2. The number of nitrogens with zero attached hydrogens (tertiary/aromatic N) is 2. The minimum atomic E-state index is -0.478. The fraction of sp³-hybridized carbons (Fsp3) is 0.240. The van der Waals surface area contributed by atoms with Crippen LogP contribution in [0.25, 0.3) is 11.3 Å². The molecule has 1 N–H and O–H groups in total. The van der Waals surface area contributed by atoms with Gasteiger partial charge >= 0.3 is 5.97 Å². The molecular weight excluding hydrogens is 427 g/mol. The number of carbonyl (C=O) groups is 1. The molecule has 170 valence electrons. The molecule has 0 aliphatic carbocycles. The summed E-state index contributed by atoms with van der Waals surface area (Å²) in [6.07, 6.45) is 0.418. The van der Waals surface area contributed by atoms with Gasteiger partial charge in [0.2, 0.25) is 0 Å². The Morgan fingerprint density at radius 1 is 1.18 bits per heavy atom. The van der Waals surface area contributed by atoms with E-state index in [0.717, 1.165) is 16.7 Å². The molecule has 1 aliphatic rings. The molecule has 0 fully saturated rings. The van der Waals surface area contributed by atoms with Crippen molar-refractivity contribution in [1.29, 1.82) is 0 Å². The van der Waals surface area contributed by atoms with Crippen LogP contribution >= 0.6 is 0 Å². The lowest BCUT2D eigenvalue weighted by atomic mass is 9.97. The first-order valence-electron chi connectivity index (χ1n) is 10.4. The van der Waals surface area contributed by atoms with Crippen LogP contribution in [0.5, 0.6) is 17.2 Å². The summed E-state index contributed by atoms with van der Waals surface area (Å²) >= 11 is 0. The van der Waals surface area contributed by atoms with E-state index in [9.17, 15) is 9.90 Å². The zero-order chi connectivity index (χ0) is 23.5. The van der Waals surface area contributed by atoms with Gasteiger partial charge in [0.25, 0.3) is 0 Å². The summed E-state index contributed by atoms with van der Waals surface area (Å²) in [5.74, 6) is -0.137. The normalized spacial score (nSPS) is 13.0. The van der Waals surface area contributed by atoms with Crippen LogP contribution in [0.3, 0.4) is 0 Å². The fourth-order valence-electron chi connectivity index (χ4n) is 3.68. The highest BCUT2D eigenvalue weighted by molar-refractivity contribution is 6.02. The van der Waals surface area contributed by atoms with Crippen molar-refractivity contribution in [3.8, 4) is 28.5 Å². The Kier molecular flexibility index (Phi) is 6.26. The molecule has 7 nitrogen and oxygen atoms in total. The molecule has 0 radical (unpaired) electrons. The van der Waals surface area contributed by atoms with Gasteiger partial charge in [-0.25, -0.2) is 14.2 Å². The number of aromatic hydroxyl groups is 1. The average Bonchev–Trinajstić information content (AvgIpc) is 3.24. The minimum absolute atomic E-state index is 0.0235. The molecule has 0 bridgehead atoms. The lowest BCUT2D eigenvalue weighted by molar-refractivity contribution is -0.140. The minimum Gasteiger partial charge on any atom is -0.506 e. The third-order valence-corrected chi connectivity index (χ3v) is 5.47. The van der Waals surface area contributed by atoms with Gasteiger partial charge in [0, 0.05) is 17.7 Å². The Labute approximate surface area is 190 Å². The Bertz CT molecular complexity index is 1260. The van der Waals surface area contributed by atoms with Gasteiger partial charge in [-0.15, -0.1) is 0 Å². The van der Waals surface area contributed by atoms with Gasteiger partial charge in [0.15, 0.2) is 11.6 Å². The predicted molar refractivity (Wildman–Crippen MR) is 120 cm³/mol. The van der Waals surface area contributed by atoms with E-state index in [1.54, 1.807) is 38.3 Å². The number of aromatic nitrogens is 1. The van der Waals surface area contributed by atoms with Gasteiger partial charge in [0.05, 0.1) is 13.5 Å². The van der Waals surface area contributed by atoms with E-state index in [1.165, 1.54) is 0 Å². The van der Waals surface area contributed by atoms with Crippen LogP contribution in [0, 0.1) is 19.7 Å². The summed E-state index contributed by atoms with van der Waals surface area (Å²) in [5, 5.41) is 14.0. The van der Waals surface area contributed by atoms with E-state index >= 15 is 4.39 Å². The molecule has 0 amide bonds. The molecule has 0 saturated carbocycles. The van der Waals surface area contributed by atoms with Crippen LogP contribution in [0.4, 0.5) is 4.39 Å². The van der Waals surface area contributed by atoms with Gasteiger partial charge in [-0.05, 0) is 60.9 Å². The molecular formula is C25H23FN2O5. The maximum absolute atomic E-state index is 15.0. The van der Waals surface area contributed by atoms with E-state index in [4.69, 9.17) is 9.47 Å². The Morgan fingerprint density at radius 2 is 2.00 bits per heavy atom. The second-order valence-electron chi connectivity index (χ2n) is 7.77. The summed E-state index contributed by atoms with van der Waals surface area (Å²) < 4.78 is 25.9. The lowest BCUT2D eigenvalue weighted by Gasteiger charge is -2.15. The number of rotatable bonds is 7. The second kappa shape index (κ2) is 9.28. The number of carbonyl (C=O) groups excluding carboxylic acids is 1. The van der Waals surface area contributed by atoms with Crippen molar-refractivity contribution in [3.05, 3.63) is 70.7 Å². The molecule has 1 aromatic heterocycles. The van der Waals surface area contributed by atoms with Crippen molar-refractivity contribution in [3.63, 3.8) is 0 Å². The second-order valence-corrected chi connectivity index (χ2v) is 7.77. The van der Waals surface area contributed by atoms with Crippen molar-refractivity contribution in [2.45, 2.75) is 26.7 Å². The number of methoxy groups -OCH3 is 1. The number of oxime groups is 1. The van der Waals surface area contributed by atoms with Crippen LogP contribution in [0.1, 0.15) is 28.8 Å². The first-order valence-corrected chi connectivity index (χ1v) is 10.4. The molecule has 0 atom stereocenters. The molecule has 8 heteroatoms. The number of aryl methyl sites for hydroxylation is 1. The van der Waals surface area contributed by atoms with E-state index in [0.29, 0.717) is 34.8 Å². The maximum atomic E-state index is 15.0. The third kappa shape index (κ3) is 4.79. The van der Waals surface area contributed by atoms with Crippen LogP contribution in [-0.2, 0) is 16.1 Å². The van der Waals surface area contributed by atoms with Crippen LogP contribution < -0.4 is 9.47 Å². The molecule has 1 aliphatic heterocycles. The van der Waals surface area contributed by atoms with Crippen LogP contribution in [0.15, 0.2) is 47.6 Å². The van der Waals surface area contributed by atoms with Crippen molar-refractivity contribution < 1.29 is 28.6 Å². The zero-order valence-corrected chi connectivity index (χ0v) is 18.5. The van der Waals surface area contributed by atoms with Crippen molar-refractivity contribution in [1.82, 2.24) is 4.98 Å². The zero-order valence-electron chi connectivity index (χ0n) is 18.5. The standard InChI is InChI=1S/C25H23FN2O5/c1-14-9-22(32-13-18-12-23(30)33-28-18)24(26)15(2)20(14)11-17-7-8-21(29)25(27-17)16-5-4-6-19(10-16)31-3/h4-10,29H,11-13H2,1-3H3. The SMILES string of the molecule is COc1cccc(-c2nc(Cc3c(C)cc(OCC4=NOC(=O)C4)c(F)c3C)ccc2O)c1. The van der Waals surface area contributed by atoms with Gasteiger partial charge < -0.3 is 19.4 Å². The highest BCUT2D eigenvalue weighted by Crippen LogP contribution is 2.32. The summed E-state index contributed by atoms with van der Waals surface area (Å²) in [5.41, 5.74) is 4.31. The van der Waals surface area contributed by atoms with Gasteiger partial charge in [-0.1, -0.05) is 17.3 Å². The molecule has 0 saturated heterocycles. The highest BCUT2D eigenvalue weighted by atomic mass is 19.1. The molecule has 0 unspecified atom stereocenters. The molecule has 3 aromatic rings. The molecule has 2 aromatic carbocycles. The number of halogens is 1. The first kappa shape index (κ1) is 22.3. The van der Waals surface area contributed by atoms with E-state index in [-0.39, 0.29) is 24.5 Å². The molecule has 4 rings (SSSR count). The molecule has 2 heterocycles. The predicted octanol–water partition coefficient (Wildman–Crippen LogP) is 4.49. The van der Waals surface area contributed by atoms with Crippen molar-refractivity contribution in [2.24, 2.45) is 5.16 Å². The Hall–Kier alpha value is -3.94. The summed E-state index contributed by atoms with van der Waals surface area (Å²) in [6, 6.07) is 12.2. The number of pyridine rings is 1. The fourth-order valence-corrected chi connectivity index (χ4v) is 3.68. The molecule has 0 spiro atoms. The van der Waals surface area contributed by atoms with E-state index < -0.39 is 11.8 Å². The highest BCUT2D eigenvalue weighted by Gasteiger charge is 2.20. The monoisotopic (exact) mass is 450 g/mol. The van der Waals surface area contributed by atoms with E-state index in [2.05, 4.69) is 15.0 Å². The largest absolute Gasteiger partial charge is 0.506 e. The summed E-state index contributed by atoms with van der Waals surface area (Å²) in [6.45, 7) is 3.54. The third-order valence-electron chi connectivity index (χ3n) is 5.47. The average molecular weight is 450 g/mol. The lowest BCUT2D eigenvalue weighted by Crippen LogP contribution is -2.12. The van der Waals surface area contributed by atoms with Crippen molar-refractivity contribution >= 4 is 11.7 Å². The summed E-state index contributed by atoms with van der Waals surface area (Å²) in [4.78, 5) is 20.3. The number of hydrogen-bond acceptors (Lipinski definition) is 7.